The molecule has 3 rings (SSSR count). The summed E-state index contributed by atoms with van der Waals surface area (Å²) in [5, 5.41) is 8.39. The van der Waals surface area contributed by atoms with Crippen LogP contribution in [0.4, 0.5) is 23.1 Å². The molecule has 1 amide bonds. The molecule has 29 heavy (non-hydrogen) atoms. The summed E-state index contributed by atoms with van der Waals surface area (Å²) in [6, 6.07) is 7.84. The number of carbonyl (C=O) groups is 1. The van der Waals surface area contributed by atoms with Crippen LogP contribution in [0.15, 0.2) is 42.4 Å². The smallest absolute Gasteiger partial charge is 0.254 e. The number of allylic oxidation sites excluding steroid dienone is 1. The van der Waals surface area contributed by atoms with Gasteiger partial charge in [-0.15, -0.1) is 0 Å². The standard InChI is InChI=1S/C20H28N8O/c1-12(21)10-24-13-5-4-6-14(9-13)26-19-15(18(23)29)11-25-20(28-19)27-17-8-3-2-7-16(17)22/h4-6,9-11,16-17,24H,2-3,7-8,21-22H2,1H3,(H2,23,29)(H2,25,26,27,28)/p+1/b12-10-/t16-,17+/m0/s1. The zero-order chi connectivity index (χ0) is 20.8. The second kappa shape index (κ2) is 9.35. The highest BCUT2D eigenvalue weighted by atomic mass is 16.1. The maximum absolute atomic E-state index is 11.8. The zero-order valence-corrected chi connectivity index (χ0v) is 16.6. The summed E-state index contributed by atoms with van der Waals surface area (Å²) in [7, 11) is 0. The minimum Gasteiger partial charge on any atom is -0.398 e. The molecule has 1 aliphatic carbocycles. The number of nitrogens with one attached hydrogen (secondary N) is 2. The Morgan fingerprint density at radius 3 is 2.79 bits per heavy atom. The van der Waals surface area contributed by atoms with E-state index >= 15 is 0 Å². The number of carbonyl (C=O) groups excluding carboxylic acids is 1. The molecule has 0 unspecified atom stereocenters. The van der Waals surface area contributed by atoms with E-state index in [1.54, 1.807) is 0 Å². The zero-order valence-electron chi connectivity index (χ0n) is 16.6. The first-order valence-corrected chi connectivity index (χ1v) is 9.75. The van der Waals surface area contributed by atoms with Gasteiger partial charge in [0.05, 0.1) is 5.70 Å². The van der Waals surface area contributed by atoms with Gasteiger partial charge in [0.15, 0.2) is 0 Å². The number of hydrogen-bond donors (Lipinski definition) is 6. The molecule has 1 heterocycles. The average molecular weight is 398 g/mol. The molecule has 0 aliphatic heterocycles. The SMILES string of the molecule is C/C(N)=C/[NH2+]c1cccc(Nc2nc(N[C@@H]3CCCC[C@@H]3N)ncc2C(N)=O)c1. The fourth-order valence-corrected chi connectivity index (χ4v) is 3.32. The lowest BCUT2D eigenvalue weighted by atomic mass is 9.91. The van der Waals surface area contributed by atoms with Crippen molar-refractivity contribution in [1.29, 1.82) is 0 Å². The topological polar surface area (TPSA) is 162 Å². The fourth-order valence-electron chi connectivity index (χ4n) is 3.32. The maximum Gasteiger partial charge on any atom is 0.254 e. The van der Waals surface area contributed by atoms with E-state index in [4.69, 9.17) is 17.2 Å². The Labute approximate surface area is 170 Å². The van der Waals surface area contributed by atoms with E-state index in [-0.39, 0.29) is 17.6 Å². The predicted molar refractivity (Wildman–Crippen MR) is 114 cm³/mol. The number of hydrogen-bond acceptors (Lipinski definition) is 7. The van der Waals surface area contributed by atoms with Crippen molar-refractivity contribution in [3.05, 3.63) is 47.9 Å². The summed E-state index contributed by atoms with van der Waals surface area (Å²) in [6.07, 6.45) is 7.47. The van der Waals surface area contributed by atoms with Crippen molar-refractivity contribution in [3.63, 3.8) is 0 Å². The molecule has 2 atom stereocenters. The molecule has 1 aromatic carbocycles. The predicted octanol–water partition coefficient (Wildman–Crippen LogP) is 1.02. The molecule has 0 radical (unpaired) electrons. The van der Waals surface area contributed by atoms with Crippen LogP contribution in [0.25, 0.3) is 0 Å². The minimum atomic E-state index is -0.599. The van der Waals surface area contributed by atoms with E-state index in [0.717, 1.165) is 37.1 Å². The summed E-state index contributed by atoms with van der Waals surface area (Å²) in [6.45, 7) is 1.82. The summed E-state index contributed by atoms with van der Waals surface area (Å²) >= 11 is 0. The molecule has 9 heteroatoms. The number of amides is 1. The van der Waals surface area contributed by atoms with Gasteiger partial charge in [-0.25, -0.2) is 4.98 Å². The van der Waals surface area contributed by atoms with Crippen LogP contribution in [0.5, 0.6) is 0 Å². The Bertz CT molecular complexity index is 894. The van der Waals surface area contributed by atoms with Gasteiger partial charge in [0.1, 0.15) is 23.3 Å². The number of anilines is 3. The van der Waals surface area contributed by atoms with E-state index in [9.17, 15) is 4.79 Å². The van der Waals surface area contributed by atoms with Gasteiger partial charge in [-0.3, -0.25) is 10.1 Å². The number of nitrogens with zero attached hydrogens (tertiary/aromatic N) is 2. The highest BCUT2D eigenvalue weighted by molar-refractivity contribution is 5.98. The quantitative estimate of drug-likeness (QED) is 0.380. The Morgan fingerprint density at radius 2 is 2.07 bits per heavy atom. The van der Waals surface area contributed by atoms with Crippen molar-refractivity contribution in [2.24, 2.45) is 17.2 Å². The van der Waals surface area contributed by atoms with Crippen LogP contribution >= 0.6 is 0 Å². The highest BCUT2D eigenvalue weighted by Crippen LogP contribution is 2.23. The van der Waals surface area contributed by atoms with E-state index in [0.29, 0.717) is 17.5 Å². The van der Waals surface area contributed by atoms with Gasteiger partial charge in [0.2, 0.25) is 5.95 Å². The van der Waals surface area contributed by atoms with Gasteiger partial charge in [-0.05, 0) is 31.9 Å². The number of aromatic nitrogens is 2. The second-order valence-corrected chi connectivity index (χ2v) is 7.35. The molecule has 0 bridgehead atoms. The number of rotatable bonds is 7. The molecule has 1 fully saturated rings. The van der Waals surface area contributed by atoms with Crippen LogP contribution in [-0.2, 0) is 0 Å². The molecule has 1 saturated carbocycles. The number of quaternary nitrogens is 1. The number of benzene rings is 1. The van der Waals surface area contributed by atoms with Crippen LogP contribution in [0, 0.1) is 0 Å². The summed E-state index contributed by atoms with van der Waals surface area (Å²) in [4.78, 5) is 20.6. The molecule has 154 valence electrons. The lowest BCUT2D eigenvalue weighted by molar-refractivity contribution is -0.497. The van der Waals surface area contributed by atoms with Crippen LogP contribution in [0.2, 0.25) is 0 Å². The third kappa shape index (κ3) is 5.66. The molecule has 2 aromatic rings. The van der Waals surface area contributed by atoms with Gasteiger partial charge in [0, 0.05) is 30.0 Å². The Morgan fingerprint density at radius 1 is 1.28 bits per heavy atom. The van der Waals surface area contributed by atoms with E-state index in [2.05, 4.69) is 20.6 Å². The largest absolute Gasteiger partial charge is 0.398 e. The first-order chi connectivity index (χ1) is 13.9. The van der Waals surface area contributed by atoms with E-state index in [1.807, 2.05) is 42.7 Å². The minimum absolute atomic E-state index is 0.0610. The van der Waals surface area contributed by atoms with Crippen molar-refractivity contribution < 1.29 is 10.1 Å². The first-order valence-electron chi connectivity index (χ1n) is 9.75. The average Bonchev–Trinajstić information content (AvgIpc) is 2.68. The molecule has 10 N–H and O–H groups in total. The second-order valence-electron chi connectivity index (χ2n) is 7.35. The third-order valence-corrected chi connectivity index (χ3v) is 4.88. The van der Waals surface area contributed by atoms with Gasteiger partial charge in [-0.1, -0.05) is 18.9 Å². The van der Waals surface area contributed by atoms with Gasteiger partial charge < -0.3 is 27.8 Å². The Balaban J connectivity index is 1.82. The lowest BCUT2D eigenvalue weighted by Gasteiger charge is -2.29. The molecule has 9 nitrogen and oxygen atoms in total. The van der Waals surface area contributed by atoms with Crippen LogP contribution in [0.1, 0.15) is 43.0 Å². The number of nitrogens with two attached hydrogens (primary N) is 4. The first kappa shape index (κ1) is 20.6. The molecular weight excluding hydrogens is 368 g/mol. The van der Waals surface area contributed by atoms with Gasteiger partial charge >= 0.3 is 0 Å². The normalized spacial score (nSPS) is 19.6. The molecule has 0 spiro atoms. The van der Waals surface area contributed by atoms with Gasteiger partial charge in [-0.2, -0.15) is 4.98 Å². The number of primary amides is 1. The summed E-state index contributed by atoms with van der Waals surface area (Å²) in [5.74, 6) is 0.171. The molecular formula is C20H29N8O+. The van der Waals surface area contributed by atoms with Crippen LogP contribution in [0.3, 0.4) is 0 Å². The van der Waals surface area contributed by atoms with E-state index in [1.165, 1.54) is 6.20 Å². The fraction of sp³-hybridized carbons (Fsp3) is 0.350. The lowest BCUT2D eigenvalue weighted by Crippen LogP contribution is -2.71. The Kier molecular flexibility index (Phi) is 6.63. The van der Waals surface area contributed by atoms with E-state index < -0.39 is 5.91 Å². The van der Waals surface area contributed by atoms with Crippen molar-refractivity contribution in [2.45, 2.75) is 44.7 Å². The summed E-state index contributed by atoms with van der Waals surface area (Å²) < 4.78 is 0. The van der Waals surface area contributed by atoms with Crippen molar-refractivity contribution in [1.82, 2.24) is 9.97 Å². The molecule has 1 aliphatic rings. The van der Waals surface area contributed by atoms with Crippen LogP contribution < -0.4 is 33.2 Å². The van der Waals surface area contributed by atoms with Crippen molar-refractivity contribution >= 4 is 29.0 Å². The van der Waals surface area contributed by atoms with Crippen LogP contribution in [-0.4, -0.2) is 28.0 Å². The van der Waals surface area contributed by atoms with Crippen molar-refractivity contribution in [3.8, 4) is 0 Å². The van der Waals surface area contributed by atoms with Crippen molar-refractivity contribution in [2.75, 3.05) is 10.6 Å². The van der Waals surface area contributed by atoms with Gasteiger partial charge in [0.25, 0.3) is 5.91 Å². The highest BCUT2D eigenvalue weighted by Gasteiger charge is 2.23. The Hall–Kier alpha value is -3.17. The molecule has 1 aromatic heterocycles. The summed E-state index contributed by atoms with van der Waals surface area (Å²) in [5.41, 5.74) is 20.1. The molecule has 0 saturated heterocycles. The third-order valence-electron chi connectivity index (χ3n) is 4.88. The monoisotopic (exact) mass is 397 g/mol. The maximum atomic E-state index is 11.8.